The summed E-state index contributed by atoms with van der Waals surface area (Å²) >= 11 is 1.43. The zero-order chi connectivity index (χ0) is 26.4. The first-order chi connectivity index (χ1) is 17.7. The molecule has 1 aromatic rings. The van der Waals surface area contributed by atoms with Crippen molar-refractivity contribution in [2.75, 3.05) is 19.6 Å². The number of aromatic nitrogens is 4. The molecule has 2 unspecified atom stereocenters. The Labute approximate surface area is 217 Å². The van der Waals surface area contributed by atoms with Crippen molar-refractivity contribution in [1.29, 1.82) is 0 Å². The molecule has 14 heteroatoms. The summed E-state index contributed by atoms with van der Waals surface area (Å²) in [7, 11) is 0. The number of thioether (sulfide) groups is 1. The van der Waals surface area contributed by atoms with Gasteiger partial charge in [0.25, 0.3) is 0 Å². The number of likely N-dealkylation sites (tertiary alicyclic amines) is 1. The largest absolute Gasteiger partial charge is 0.477 e. The van der Waals surface area contributed by atoms with Crippen molar-refractivity contribution in [2.45, 2.75) is 63.1 Å². The van der Waals surface area contributed by atoms with Gasteiger partial charge in [-0.1, -0.05) is 13.8 Å². The molecule has 0 bridgehead atoms. The third-order valence-corrected chi connectivity index (χ3v) is 9.35. The van der Waals surface area contributed by atoms with Crippen LogP contribution in [0.5, 0.6) is 0 Å². The molecular weight excluding hydrogens is 502 g/mol. The van der Waals surface area contributed by atoms with Gasteiger partial charge in [-0.3, -0.25) is 14.4 Å². The molecule has 0 aromatic carbocycles. The minimum atomic E-state index is -1.14. The number of aliphatic carboxylic acids is 1. The van der Waals surface area contributed by atoms with E-state index in [-0.39, 0.29) is 65.4 Å². The summed E-state index contributed by atoms with van der Waals surface area (Å²) in [6.07, 6.45) is 2.17. The monoisotopic (exact) mass is 533 g/mol. The fourth-order valence-electron chi connectivity index (χ4n) is 6.07. The van der Waals surface area contributed by atoms with Gasteiger partial charge in [0, 0.05) is 42.1 Å². The lowest BCUT2D eigenvalue weighted by Gasteiger charge is -2.47. The van der Waals surface area contributed by atoms with E-state index in [0.717, 1.165) is 0 Å². The molecule has 4 aliphatic rings. The molecule has 5 heterocycles. The maximum Gasteiger partial charge on any atom is 0.353 e. The Morgan fingerprint density at radius 2 is 2.11 bits per heavy atom. The number of nitrogens with one attached hydrogen (secondary N) is 1. The highest BCUT2D eigenvalue weighted by atomic mass is 32.2. The highest BCUT2D eigenvalue weighted by molar-refractivity contribution is 8.03. The molecule has 5 rings (SSSR count). The molecule has 13 nitrogen and oxygen atoms in total. The van der Waals surface area contributed by atoms with E-state index < -0.39 is 18.0 Å². The lowest BCUT2D eigenvalue weighted by Crippen LogP contribution is -2.62. The predicted molar refractivity (Wildman–Crippen MR) is 130 cm³/mol. The number of tetrazole rings is 1. The van der Waals surface area contributed by atoms with Gasteiger partial charge in [0.2, 0.25) is 11.8 Å². The maximum absolute atomic E-state index is 13.1. The molecule has 3 saturated heterocycles. The highest BCUT2D eigenvalue weighted by Crippen LogP contribution is 2.53. The summed E-state index contributed by atoms with van der Waals surface area (Å²) in [5.41, 5.74) is 0.0217. The highest BCUT2D eigenvalue weighted by Gasteiger charge is 2.60. The Balaban J connectivity index is 1.23. The van der Waals surface area contributed by atoms with E-state index in [2.05, 4.69) is 20.8 Å². The van der Waals surface area contributed by atoms with Crippen LogP contribution in [0.25, 0.3) is 0 Å². The molecule has 1 aromatic heterocycles. The minimum absolute atomic E-state index is 0.0178. The van der Waals surface area contributed by atoms with E-state index >= 15 is 0 Å². The lowest BCUT2D eigenvalue weighted by molar-refractivity contribution is -0.160. The fraction of sp³-hybridized carbons (Fsp3) is 0.696. The molecule has 3 N–H and O–H groups in total. The van der Waals surface area contributed by atoms with Gasteiger partial charge in [-0.25, -0.2) is 9.48 Å². The lowest BCUT2D eigenvalue weighted by atomic mass is 9.73. The molecule has 2 amide bonds. The van der Waals surface area contributed by atoms with Crippen LogP contribution in [0, 0.1) is 17.8 Å². The van der Waals surface area contributed by atoms with Gasteiger partial charge in [0.1, 0.15) is 18.6 Å². The summed E-state index contributed by atoms with van der Waals surface area (Å²) < 4.78 is 1.33. The zero-order valence-electron chi connectivity index (χ0n) is 20.7. The number of aliphatic hydroxyl groups is 1. The second-order valence-electron chi connectivity index (χ2n) is 10.4. The van der Waals surface area contributed by atoms with E-state index in [4.69, 9.17) is 0 Å². The number of carboxylic acid groups (broad SMARTS) is 1. The molecule has 37 heavy (non-hydrogen) atoms. The SMILES string of the molecule is C[C@@H](CC(=O)Cn1cnnn1)[C@H]1C(=O)N2C(C(=O)O)=C(SC3CNC(C(=O)N4CC[C@@H](O)C4)C3)[C@H](C)[C@H]12. The van der Waals surface area contributed by atoms with Crippen LogP contribution in [0.15, 0.2) is 16.9 Å². The molecule has 4 aliphatic heterocycles. The van der Waals surface area contributed by atoms with Crippen LogP contribution in [0.4, 0.5) is 0 Å². The molecule has 200 valence electrons. The summed E-state index contributed by atoms with van der Waals surface area (Å²) in [6.45, 7) is 5.23. The van der Waals surface area contributed by atoms with Crippen molar-refractivity contribution in [3.8, 4) is 0 Å². The van der Waals surface area contributed by atoms with Crippen molar-refractivity contribution in [1.82, 2.24) is 35.3 Å². The fourth-order valence-corrected chi connectivity index (χ4v) is 7.55. The average Bonchev–Trinajstić information content (AvgIpc) is 3.63. The minimum Gasteiger partial charge on any atom is -0.477 e. The summed E-state index contributed by atoms with van der Waals surface area (Å²) in [5.74, 6) is -2.45. The molecular formula is C23H31N7O6S. The molecule has 0 spiro atoms. The van der Waals surface area contributed by atoms with Crippen molar-refractivity contribution < 1.29 is 29.4 Å². The van der Waals surface area contributed by atoms with Gasteiger partial charge >= 0.3 is 5.97 Å². The molecule has 0 radical (unpaired) electrons. The van der Waals surface area contributed by atoms with Gasteiger partial charge < -0.3 is 25.3 Å². The third kappa shape index (κ3) is 4.77. The van der Waals surface area contributed by atoms with Crippen LogP contribution in [-0.2, 0) is 25.7 Å². The smallest absolute Gasteiger partial charge is 0.353 e. The Morgan fingerprint density at radius 1 is 1.32 bits per heavy atom. The summed E-state index contributed by atoms with van der Waals surface area (Å²) in [5, 5.41) is 33.7. The van der Waals surface area contributed by atoms with Gasteiger partial charge in [-0.15, -0.1) is 16.9 Å². The van der Waals surface area contributed by atoms with E-state index in [1.54, 1.807) is 4.90 Å². The summed E-state index contributed by atoms with van der Waals surface area (Å²) in [4.78, 5) is 54.4. The van der Waals surface area contributed by atoms with Crippen molar-refractivity contribution in [3.05, 3.63) is 16.9 Å². The predicted octanol–water partition coefficient (Wildman–Crippen LogP) is -0.902. The number of amides is 2. The number of Topliss-reactive ketones (excluding diaryl/α,β-unsaturated/α-hetero) is 1. The van der Waals surface area contributed by atoms with Crippen LogP contribution in [0.3, 0.4) is 0 Å². The average molecular weight is 534 g/mol. The second kappa shape index (κ2) is 10.1. The number of carboxylic acids is 1. The van der Waals surface area contributed by atoms with Crippen LogP contribution >= 0.6 is 11.8 Å². The van der Waals surface area contributed by atoms with Crippen molar-refractivity contribution >= 4 is 35.3 Å². The van der Waals surface area contributed by atoms with Crippen LogP contribution < -0.4 is 5.32 Å². The first kappa shape index (κ1) is 25.8. The van der Waals surface area contributed by atoms with Crippen LogP contribution in [-0.4, -0.2) is 107 Å². The van der Waals surface area contributed by atoms with Gasteiger partial charge in [-0.05, 0) is 29.2 Å². The quantitative estimate of drug-likeness (QED) is 0.336. The molecule has 3 fully saturated rings. The van der Waals surface area contributed by atoms with E-state index in [1.807, 2.05) is 13.8 Å². The Hall–Kier alpha value is -2.84. The topological polar surface area (TPSA) is 171 Å². The Morgan fingerprint density at radius 3 is 2.76 bits per heavy atom. The number of aliphatic hydroxyl groups excluding tert-OH is 1. The van der Waals surface area contributed by atoms with Gasteiger partial charge in [0.15, 0.2) is 5.78 Å². The standard InChI is InChI=1S/C23H31N7O6S/c1-11(5-14(32)9-29-10-25-26-27-29)17-18-12(2)20(19(23(35)36)30(18)22(17)34)37-15-6-16(24-7-15)21(33)28-4-3-13(31)8-28/h10-13,15-18,24,31H,3-9H2,1-2H3,(H,35,36)/t11-,12+,13+,15?,16?,17+,18+/m0/s1. The maximum atomic E-state index is 13.1. The Kier molecular flexibility index (Phi) is 7.07. The normalized spacial score (nSPS) is 32.0. The number of β-lactam (4-membered cyclic amide) rings is 1. The summed E-state index contributed by atoms with van der Waals surface area (Å²) in [6, 6.07) is -0.680. The van der Waals surface area contributed by atoms with Gasteiger partial charge in [0.05, 0.1) is 24.1 Å². The van der Waals surface area contributed by atoms with Crippen molar-refractivity contribution in [2.24, 2.45) is 17.8 Å². The first-order valence-corrected chi connectivity index (χ1v) is 13.4. The Bertz CT molecular complexity index is 1130. The van der Waals surface area contributed by atoms with Crippen LogP contribution in [0.1, 0.15) is 33.1 Å². The van der Waals surface area contributed by atoms with E-state index in [1.165, 1.54) is 27.7 Å². The number of carbonyl (C=O) groups is 4. The number of rotatable bonds is 9. The van der Waals surface area contributed by atoms with Gasteiger partial charge in [-0.2, -0.15) is 0 Å². The molecule has 0 saturated carbocycles. The number of fused-ring (bicyclic) bond motifs is 1. The third-order valence-electron chi connectivity index (χ3n) is 7.84. The number of β-amino-alcohol motifs (C(OH)–C–C–N with tert-alkyl or cyclic N) is 1. The van der Waals surface area contributed by atoms with Crippen LogP contribution in [0.2, 0.25) is 0 Å². The second-order valence-corrected chi connectivity index (χ2v) is 11.8. The van der Waals surface area contributed by atoms with E-state index in [0.29, 0.717) is 37.4 Å². The zero-order valence-corrected chi connectivity index (χ0v) is 21.5. The van der Waals surface area contributed by atoms with E-state index in [9.17, 15) is 29.4 Å². The number of ketones is 1. The molecule has 0 aliphatic carbocycles. The number of hydrogen-bond acceptors (Lipinski definition) is 10. The first-order valence-electron chi connectivity index (χ1n) is 12.6. The van der Waals surface area contributed by atoms with Crippen molar-refractivity contribution in [3.63, 3.8) is 0 Å². The number of hydrogen-bond donors (Lipinski definition) is 3. The number of nitrogens with zero attached hydrogens (tertiary/aromatic N) is 6. The number of carbonyl (C=O) groups excluding carboxylic acids is 3. The molecule has 7 atom stereocenters.